The van der Waals surface area contributed by atoms with Gasteiger partial charge in [0.25, 0.3) is 0 Å². The zero-order valence-electron chi connectivity index (χ0n) is 19.3. The molecule has 1 aromatic carbocycles. The van der Waals surface area contributed by atoms with E-state index in [1.54, 1.807) is 23.4 Å². The minimum Gasteiger partial charge on any atom is -0.488 e. The van der Waals surface area contributed by atoms with Crippen molar-refractivity contribution < 1.29 is 13.9 Å². The average molecular weight is 449 g/mol. The van der Waals surface area contributed by atoms with Crippen molar-refractivity contribution in [3.63, 3.8) is 0 Å². The third-order valence-corrected chi connectivity index (χ3v) is 5.76. The van der Waals surface area contributed by atoms with Crippen molar-refractivity contribution in [1.29, 1.82) is 0 Å². The fourth-order valence-corrected chi connectivity index (χ4v) is 4.03. The SMILES string of the molecule is C=C(C)COc1cc(C)cc2oc(=O)c(CC(=O)N3CCN(c4ncccn4)CC3)c(C)c12. The van der Waals surface area contributed by atoms with Gasteiger partial charge in [-0.3, -0.25) is 4.79 Å². The van der Waals surface area contributed by atoms with Crippen LogP contribution < -0.4 is 15.3 Å². The molecule has 3 aromatic rings. The van der Waals surface area contributed by atoms with Crippen LogP contribution in [0.1, 0.15) is 23.6 Å². The zero-order chi connectivity index (χ0) is 23.5. The summed E-state index contributed by atoms with van der Waals surface area (Å²) in [7, 11) is 0. The number of carbonyl (C=O) groups is 1. The van der Waals surface area contributed by atoms with Gasteiger partial charge in [-0.05, 0) is 55.7 Å². The highest BCUT2D eigenvalue weighted by atomic mass is 16.5. The van der Waals surface area contributed by atoms with E-state index < -0.39 is 5.63 Å². The summed E-state index contributed by atoms with van der Waals surface area (Å²) in [6.45, 7) is 12.3. The van der Waals surface area contributed by atoms with Crippen LogP contribution in [0, 0.1) is 13.8 Å². The van der Waals surface area contributed by atoms with E-state index in [9.17, 15) is 9.59 Å². The van der Waals surface area contributed by atoms with Crippen LogP contribution in [0.5, 0.6) is 5.75 Å². The first-order valence-corrected chi connectivity index (χ1v) is 11.0. The van der Waals surface area contributed by atoms with Crippen molar-refractivity contribution >= 4 is 22.8 Å². The summed E-state index contributed by atoms with van der Waals surface area (Å²) in [5.41, 5.74) is 2.86. The molecule has 8 nitrogen and oxygen atoms in total. The maximum atomic E-state index is 13.1. The number of amides is 1. The predicted molar refractivity (Wildman–Crippen MR) is 127 cm³/mol. The molecule has 0 saturated carbocycles. The lowest BCUT2D eigenvalue weighted by atomic mass is 10.0. The summed E-state index contributed by atoms with van der Waals surface area (Å²) in [6.07, 6.45) is 3.40. The topological polar surface area (TPSA) is 88.8 Å². The number of rotatable bonds is 6. The molecule has 0 atom stereocenters. The van der Waals surface area contributed by atoms with E-state index in [2.05, 4.69) is 16.5 Å². The van der Waals surface area contributed by atoms with Crippen LogP contribution in [0.25, 0.3) is 11.0 Å². The average Bonchev–Trinajstić information content (AvgIpc) is 2.80. The van der Waals surface area contributed by atoms with Crippen LogP contribution in [0.3, 0.4) is 0 Å². The fourth-order valence-electron chi connectivity index (χ4n) is 4.03. The summed E-state index contributed by atoms with van der Waals surface area (Å²) in [4.78, 5) is 38.2. The van der Waals surface area contributed by atoms with Crippen molar-refractivity contribution in [3.8, 4) is 5.75 Å². The lowest BCUT2D eigenvalue weighted by Crippen LogP contribution is -2.49. The minimum absolute atomic E-state index is 0.0141. The third kappa shape index (κ3) is 4.89. The van der Waals surface area contributed by atoms with Gasteiger partial charge in [-0.2, -0.15) is 0 Å². The molecule has 0 spiro atoms. The quantitative estimate of drug-likeness (QED) is 0.423. The molecular formula is C25H28N4O4. The Morgan fingerprint density at radius 1 is 1.15 bits per heavy atom. The van der Waals surface area contributed by atoms with Gasteiger partial charge >= 0.3 is 5.63 Å². The number of carbonyl (C=O) groups excluding carboxylic acids is 1. The maximum absolute atomic E-state index is 13.1. The summed E-state index contributed by atoms with van der Waals surface area (Å²) >= 11 is 0. The Kier molecular flexibility index (Phi) is 6.44. The first kappa shape index (κ1) is 22.5. The normalized spacial score (nSPS) is 13.9. The highest BCUT2D eigenvalue weighted by Crippen LogP contribution is 2.31. The van der Waals surface area contributed by atoms with Gasteiger partial charge in [-0.1, -0.05) is 6.58 Å². The van der Waals surface area contributed by atoms with Gasteiger partial charge in [0.2, 0.25) is 11.9 Å². The van der Waals surface area contributed by atoms with Crippen LogP contribution in [-0.2, 0) is 11.2 Å². The van der Waals surface area contributed by atoms with Crippen LogP contribution in [0.2, 0.25) is 0 Å². The second-order valence-corrected chi connectivity index (χ2v) is 8.47. The second-order valence-electron chi connectivity index (χ2n) is 8.47. The number of ether oxygens (including phenoxy) is 1. The zero-order valence-corrected chi connectivity index (χ0v) is 19.3. The number of hydrogen-bond acceptors (Lipinski definition) is 7. The van der Waals surface area contributed by atoms with Gasteiger partial charge in [0.15, 0.2) is 0 Å². The number of aromatic nitrogens is 2. The summed E-state index contributed by atoms with van der Waals surface area (Å²) in [6, 6.07) is 5.50. The Morgan fingerprint density at radius 2 is 1.85 bits per heavy atom. The summed E-state index contributed by atoms with van der Waals surface area (Å²) < 4.78 is 11.5. The van der Waals surface area contributed by atoms with E-state index in [-0.39, 0.29) is 12.3 Å². The highest BCUT2D eigenvalue weighted by Gasteiger charge is 2.25. The van der Waals surface area contributed by atoms with Crippen molar-refractivity contribution in [1.82, 2.24) is 14.9 Å². The second kappa shape index (κ2) is 9.44. The molecule has 0 radical (unpaired) electrons. The van der Waals surface area contributed by atoms with Gasteiger partial charge in [-0.15, -0.1) is 0 Å². The van der Waals surface area contributed by atoms with Crippen molar-refractivity contribution in [3.05, 3.63) is 69.9 Å². The molecule has 0 N–H and O–H groups in total. The Hall–Kier alpha value is -3.68. The lowest BCUT2D eigenvalue weighted by molar-refractivity contribution is -0.130. The smallest absolute Gasteiger partial charge is 0.340 e. The molecule has 0 bridgehead atoms. The molecule has 3 heterocycles. The first-order chi connectivity index (χ1) is 15.8. The Morgan fingerprint density at radius 3 is 2.52 bits per heavy atom. The van der Waals surface area contributed by atoms with Gasteiger partial charge in [0, 0.05) is 38.6 Å². The Labute approximate surface area is 192 Å². The molecule has 1 aliphatic rings. The molecule has 33 heavy (non-hydrogen) atoms. The number of fused-ring (bicyclic) bond motifs is 1. The largest absolute Gasteiger partial charge is 0.488 e. The van der Waals surface area contributed by atoms with E-state index in [1.165, 1.54) is 0 Å². The van der Waals surface area contributed by atoms with Crippen molar-refractivity contribution in [2.75, 3.05) is 37.7 Å². The first-order valence-electron chi connectivity index (χ1n) is 11.0. The number of piperazine rings is 1. The third-order valence-electron chi connectivity index (χ3n) is 5.76. The fraction of sp³-hybridized carbons (Fsp3) is 0.360. The van der Waals surface area contributed by atoms with Gasteiger partial charge < -0.3 is 19.0 Å². The molecule has 1 amide bonds. The predicted octanol–water partition coefficient (Wildman–Crippen LogP) is 3.05. The lowest BCUT2D eigenvalue weighted by Gasteiger charge is -2.34. The maximum Gasteiger partial charge on any atom is 0.340 e. The molecule has 0 unspecified atom stereocenters. The van der Waals surface area contributed by atoms with Crippen molar-refractivity contribution in [2.45, 2.75) is 27.2 Å². The number of nitrogens with zero attached hydrogens (tertiary/aromatic N) is 4. The Bertz CT molecular complexity index is 1240. The van der Waals surface area contributed by atoms with E-state index in [0.717, 1.165) is 16.5 Å². The molecule has 1 fully saturated rings. The highest BCUT2D eigenvalue weighted by molar-refractivity contribution is 5.89. The molecule has 1 aliphatic heterocycles. The summed E-state index contributed by atoms with van der Waals surface area (Å²) in [5, 5.41) is 0.718. The molecule has 2 aromatic heterocycles. The molecular weight excluding hydrogens is 420 g/mol. The van der Waals surface area contributed by atoms with E-state index in [4.69, 9.17) is 9.15 Å². The summed E-state index contributed by atoms with van der Waals surface area (Å²) in [5.74, 6) is 1.18. The van der Waals surface area contributed by atoms with E-state index >= 15 is 0 Å². The van der Waals surface area contributed by atoms with Gasteiger partial charge in [0.1, 0.15) is 17.9 Å². The number of hydrogen-bond donors (Lipinski definition) is 0. The van der Waals surface area contributed by atoms with Crippen LogP contribution in [0.4, 0.5) is 5.95 Å². The van der Waals surface area contributed by atoms with E-state index in [1.807, 2.05) is 37.8 Å². The Balaban J connectivity index is 1.55. The van der Waals surface area contributed by atoms with E-state index in [0.29, 0.717) is 61.2 Å². The van der Waals surface area contributed by atoms with Crippen LogP contribution in [-0.4, -0.2) is 53.6 Å². The van der Waals surface area contributed by atoms with Gasteiger partial charge in [0.05, 0.1) is 17.4 Å². The number of aryl methyl sites for hydroxylation is 2. The molecule has 0 aliphatic carbocycles. The van der Waals surface area contributed by atoms with Crippen LogP contribution >= 0.6 is 0 Å². The molecule has 8 heteroatoms. The number of benzene rings is 1. The standard InChI is InChI=1S/C25H28N4O4/c1-16(2)15-32-20-12-17(3)13-21-23(20)18(4)19(24(31)33-21)14-22(30)28-8-10-29(11-9-28)25-26-6-5-7-27-25/h5-7,12-13H,1,8-11,14-15H2,2-4H3. The van der Waals surface area contributed by atoms with Crippen molar-refractivity contribution in [2.24, 2.45) is 0 Å². The van der Waals surface area contributed by atoms with Gasteiger partial charge in [-0.25, -0.2) is 14.8 Å². The minimum atomic E-state index is -0.485. The van der Waals surface area contributed by atoms with Crippen LogP contribution in [0.15, 0.2) is 52.0 Å². The molecule has 4 rings (SSSR count). The number of anilines is 1. The molecule has 1 saturated heterocycles. The molecule has 172 valence electrons. The monoisotopic (exact) mass is 448 g/mol.